The number of hydrogen-bond acceptors (Lipinski definition) is 4. The summed E-state index contributed by atoms with van der Waals surface area (Å²) in [4.78, 5) is 3.83. The van der Waals surface area contributed by atoms with E-state index < -0.39 is 18.7 Å². The van der Waals surface area contributed by atoms with Gasteiger partial charge in [-0.3, -0.25) is 0 Å². The van der Waals surface area contributed by atoms with Crippen LogP contribution in [0.5, 0.6) is 0 Å². The third-order valence-corrected chi connectivity index (χ3v) is 2.51. The van der Waals surface area contributed by atoms with E-state index >= 15 is 0 Å². The molecule has 1 aromatic heterocycles. The van der Waals surface area contributed by atoms with E-state index in [4.69, 9.17) is 4.52 Å². The molecule has 0 saturated heterocycles. The number of aliphatic hydroxyl groups is 1. The van der Waals surface area contributed by atoms with Crippen LogP contribution in [0.15, 0.2) is 4.52 Å². The van der Waals surface area contributed by atoms with Gasteiger partial charge in [-0.15, -0.1) is 0 Å². The summed E-state index contributed by atoms with van der Waals surface area (Å²) in [5, 5.41) is 13.3. The first-order valence-electron chi connectivity index (χ1n) is 5.64. The summed E-state index contributed by atoms with van der Waals surface area (Å²) in [7, 11) is 0. The summed E-state index contributed by atoms with van der Waals surface area (Å²) in [5.41, 5.74) is -0.347. The van der Waals surface area contributed by atoms with E-state index in [1.165, 1.54) is 0 Å². The van der Waals surface area contributed by atoms with E-state index in [1.54, 1.807) is 0 Å². The predicted octanol–water partition coefficient (Wildman–Crippen LogP) is 2.51. The van der Waals surface area contributed by atoms with Crippen molar-refractivity contribution in [1.29, 1.82) is 0 Å². The lowest BCUT2D eigenvalue weighted by atomic mass is 9.87. The van der Waals surface area contributed by atoms with Crippen LogP contribution in [0.25, 0.3) is 0 Å². The molecule has 1 atom stereocenters. The Morgan fingerprint density at radius 2 is 1.89 bits per heavy atom. The molecule has 1 aromatic rings. The molecular weight excluding hydrogens is 249 g/mol. The lowest BCUT2D eigenvalue weighted by molar-refractivity contribution is -0.134. The zero-order valence-electron chi connectivity index (χ0n) is 10.6. The highest BCUT2D eigenvalue weighted by atomic mass is 19.4. The van der Waals surface area contributed by atoms with Crippen molar-refractivity contribution in [1.82, 2.24) is 10.1 Å². The largest absolute Gasteiger partial charge is 0.392 e. The van der Waals surface area contributed by atoms with Crippen molar-refractivity contribution in [3.63, 3.8) is 0 Å². The monoisotopic (exact) mass is 266 g/mol. The fraction of sp³-hybridized carbons (Fsp3) is 0.818. The molecule has 1 N–H and O–H groups in total. The summed E-state index contributed by atoms with van der Waals surface area (Å²) < 4.78 is 40.8. The average Bonchev–Trinajstić information content (AvgIpc) is 2.60. The minimum absolute atomic E-state index is 0.0171. The molecule has 1 heterocycles. The molecular formula is C11H17F3N2O2. The molecule has 0 aliphatic carbocycles. The topological polar surface area (TPSA) is 59.2 Å². The zero-order chi connectivity index (χ0) is 14.0. The van der Waals surface area contributed by atoms with Crippen LogP contribution in [0, 0.1) is 5.41 Å². The number of alkyl halides is 3. The average molecular weight is 266 g/mol. The van der Waals surface area contributed by atoms with Gasteiger partial charge in [-0.25, -0.2) is 0 Å². The number of aliphatic hydroxyl groups excluding tert-OH is 1. The van der Waals surface area contributed by atoms with E-state index in [2.05, 4.69) is 10.1 Å². The van der Waals surface area contributed by atoms with Crippen molar-refractivity contribution in [2.24, 2.45) is 5.41 Å². The lowest BCUT2D eigenvalue weighted by Gasteiger charge is -2.24. The molecule has 7 heteroatoms. The smallest absolute Gasteiger partial charge is 0.389 e. The number of aromatic nitrogens is 2. The van der Waals surface area contributed by atoms with Crippen LogP contribution >= 0.6 is 0 Å². The molecule has 0 saturated carbocycles. The maximum atomic E-state index is 12.0. The van der Waals surface area contributed by atoms with Crippen LogP contribution in [0.4, 0.5) is 13.2 Å². The predicted molar refractivity (Wildman–Crippen MR) is 57.8 cm³/mol. The number of halogens is 3. The first-order valence-corrected chi connectivity index (χ1v) is 5.64. The van der Waals surface area contributed by atoms with Crippen LogP contribution in [-0.2, 0) is 12.8 Å². The molecule has 0 spiro atoms. The van der Waals surface area contributed by atoms with Crippen molar-refractivity contribution >= 4 is 0 Å². The van der Waals surface area contributed by atoms with E-state index in [0.717, 1.165) is 0 Å². The van der Waals surface area contributed by atoms with Gasteiger partial charge in [-0.1, -0.05) is 25.9 Å². The second kappa shape index (κ2) is 5.26. The summed E-state index contributed by atoms with van der Waals surface area (Å²) >= 11 is 0. The van der Waals surface area contributed by atoms with Crippen LogP contribution in [-0.4, -0.2) is 27.5 Å². The van der Waals surface area contributed by atoms with Gasteiger partial charge in [-0.05, 0) is 5.41 Å². The van der Waals surface area contributed by atoms with E-state index in [9.17, 15) is 18.3 Å². The lowest BCUT2D eigenvalue weighted by Crippen LogP contribution is -2.28. The standard InChI is InChI=1S/C11H17F3N2O2/c1-10(2,3)7(17)6-9-15-8(16-18-9)4-5-11(12,13)14/h7,17H,4-6H2,1-3H3. The Morgan fingerprint density at radius 1 is 1.28 bits per heavy atom. The fourth-order valence-electron chi connectivity index (χ4n) is 1.20. The minimum Gasteiger partial charge on any atom is -0.392 e. The van der Waals surface area contributed by atoms with Gasteiger partial charge >= 0.3 is 6.18 Å². The first kappa shape index (κ1) is 14.9. The van der Waals surface area contributed by atoms with Crippen LogP contribution in [0.2, 0.25) is 0 Å². The van der Waals surface area contributed by atoms with Gasteiger partial charge in [0.1, 0.15) is 0 Å². The normalized spacial score (nSPS) is 14.8. The Bertz CT molecular complexity index is 382. The zero-order valence-corrected chi connectivity index (χ0v) is 10.6. The van der Waals surface area contributed by atoms with E-state index in [-0.39, 0.29) is 30.0 Å². The van der Waals surface area contributed by atoms with Gasteiger partial charge in [-0.2, -0.15) is 18.2 Å². The maximum absolute atomic E-state index is 12.0. The molecule has 1 rings (SSSR count). The van der Waals surface area contributed by atoms with Gasteiger partial charge < -0.3 is 9.63 Å². The molecule has 0 aromatic carbocycles. The fourth-order valence-corrected chi connectivity index (χ4v) is 1.20. The number of aryl methyl sites for hydroxylation is 1. The first-order chi connectivity index (χ1) is 8.08. The Balaban J connectivity index is 2.54. The Labute approximate surface area is 103 Å². The second-order valence-corrected chi connectivity index (χ2v) is 5.31. The molecule has 1 unspecified atom stereocenters. The van der Waals surface area contributed by atoms with Gasteiger partial charge in [0.15, 0.2) is 5.82 Å². The Kier molecular flexibility index (Phi) is 4.37. The third kappa shape index (κ3) is 5.03. The summed E-state index contributed by atoms with van der Waals surface area (Å²) in [6, 6.07) is 0. The van der Waals surface area contributed by atoms with Gasteiger partial charge in [0.25, 0.3) is 0 Å². The molecule has 4 nitrogen and oxygen atoms in total. The molecule has 0 radical (unpaired) electrons. The van der Waals surface area contributed by atoms with E-state index in [1.807, 2.05) is 20.8 Å². The van der Waals surface area contributed by atoms with Crippen molar-refractivity contribution in [2.75, 3.05) is 0 Å². The van der Waals surface area contributed by atoms with Gasteiger partial charge in [0, 0.05) is 6.42 Å². The van der Waals surface area contributed by atoms with Crippen LogP contribution < -0.4 is 0 Å². The van der Waals surface area contributed by atoms with Crippen molar-refractivity contribution < 1.29 is 22.8 Å². The molecule has 104 valence electrons. The summed E-state index contributed by atoms with van der Waals surface area (Å²) in [6.45, 7) is 5.54. The summed E-state index contributed by atoms with van der Waals surface area (Å²) in [5.74, 6) is 0.179. The third-order valence-electron chi connectivity index (χ3n) is 2.51. The van der Waals surface area contributed by atoms with Crippen molar-refractivity contribution in [3.05, 3.63) is 11.7 Å². The van der Waals surface area contributed by atoms with E-state index in [0.29, 0.717) is 0 Å². The van der Waals surface area contributed by atoms with Gasteiger partial charge in [0.2, 0.25) is 5.89 Å². The van der Waals surface area contributed by atoms with Crippen molar-refractivity contribution in [3.8, 4) is 0 Å². The number of rotatable bonds is 4. The number of hydrogen-bond donors (Lipinski definition) is 1. The van der Waals surface area contributed by atoms with Crippen LogP contribution in [0.3, 0.4) is 0 Å². The minimum atomic E-state index is -4.23. The molecule has 0 aliphatic heterocycles. The maximum Gasteiger partial charge on any atom is 0.389 e. The highest BCUT2D eigenvalue weighted by Gasteiger charge is 2.28. The molecule has 18 heavy (non-hydrogen) atoms. The Morgan fingerprint density at radius 3 is 2.39 bits per heavy atom. The molecule has 0 bridgehead atoms. The summed E-state index contributed by atoms with van der Waals surface area (Å²) in [6.07, 6.45) is -6.06. The van der Waals surface area contributed by atoms with Gasteiger partial charge in [0.05, 0.1) is 18.9 Å². The second-order valence-electron chi connectivity index (χ2n) is 5.31. The molecule has 0 fully saturated rings. The number of nitrogens with zero attached hydrogens (tertiary/aromatic N) is 2. The molecule has 0 amide bonds. The highest BCUT2D eigenvalue weighted by molar-refractivity contribution is 4.91. The molecule has 0 aliphatic rings. The highest BCUT2D eigenvalue weighted by Crippen LogP contribution is 2.23. The van der Waals surface area contributed by atoms with Crippen molar-refractivity contribution in [2.45, 2.75) is 52.3 Å². The van der Waals surface area contributed by atoms with Crippen LogP contribution in [0.1, 0.15) is 38.9 Å². The SMILES string of the molecule is CC(C)(C)C(O)Cc1nc(CCC(F)(F)F)no1. The quantitative estimate of drug-likeness (QED) is 0.909. The Hall–Kier alpha value is -1.11.